The quantitative estimate of drug-likeness (QED) is 0.0995. The van der Waals surface area contributed by atoms with Crippen molar-refractivity contribution in [2.45, 2.75) is 29.3 Å². The van der Waals surface area contributed by atoms with Crippen molar-refractivity contribution in [2.24, 2.45) is 0 Å². The average molecular weight is 727 g/mol. The largest absolute Gasteiger partial charge is 0.497 e. The highest BCUT2D eigenvalue weighted by Crippen LogP contribution is 2.40. The summed E-state index contributed by atoms with van der Waals surface area (Å²) in [5.41, 5.74) is 4.06. The molecule has 51 heavy (non-hydrogen) atoms. The fourth-order valence-electron chi connectivity index (χ4n) is 5.62. The molecule has 0 aromatic heterocycles. The molecule has 0 fully saturated rings. The van der Waals surface area contributed by atoms with Crippen LogP contribution in [0.5, 0.6) is 23.0 Å². The van der Waals surface area contributed by atoms with E-state index in [1.807, 2.05) is 42.5 Å². The highest BCUT2D eigenvalue weighted by molar-refractivity contribution is 7.99. The minimum Gasteiger partial charge on any atom is -0.497 e. The Bertz CT molecular complexity index is 2000. The summed E-state index contributed by atoms with van der Waals surface area (Å²) < 4.78 is 50.5. The summed E-state index contributed by atoms with van der Waals surface area (Å²) in [6.07, 6.45) is 0.499. The summed E-state index contributed by atoms with van der Waals surface area (Å²) in [6, 6.07) is 35.4. The van der Waals surface area contributed by atoms with Crippen molar-refractivity contribution in [1.29, 1.82) is 0 Å². The van der Waals surface area contributed by atoms with Crippen molar-refractivity contribution in [2.75, 3.05) is 40.7 Å². The van der Waals surface area contributed by atoms with Crippen LogP contribution in [-0.4, -0.2) is 60.0 Å². The van der Waals surface area contributed by atoms with Crippen LogP contribution in [0.2, 0.25) is 0 Å². The number of amides is 1. The molecule has 0 saturated heterocycles. The number of carbonyl (C=O) groups excluding carboxylic acids is 1. The van der Waals surface area contributed by atoms with Gasteiger partial charge in [0.05, 0.1) is 33.3 Å². The maximum Gasteiger partial charge on any atom is 0.264 e. The topological polar surface area (TPSA) is 103 Å². The Kier molecular flexibility index (Phi) is 13.0. The number of sulfonamides is 1. The van der Waals surface area contributed by atoms with Crippen LogP contribution < -0.4 is 23.7 Å². The van der Waals surface area contributed by atoms with Crippen molar-refractivity contribution in [3.63, 3.8) is 0 Å². The maximum atomic E-state index is 13.2. The Balaban J connectivity index is 1.22. The molecule has 1 amide bonds. The van der Waals surface area contributed by atoms with E-state index >= 15 is 0 Å². The molecule has 0 heterocycles. The summed E-state index contributed by atoms with van der Waals surface area (Å²) >= 11 is 1.79. The molecule has 5 aromatic carbocycles. The Hall–Kier alpha value is -4.97. The molecule has 11 heteroatoms. The third-order valence-electron chi connectivity index (χ3n) is 8.22. The number of carbonyl (C=O) groups is 1. The second-order valence-electron chi connectivity index (χ2n) is 11.7. The lowest BCUT2D eigenvalue weighted by Crippen LogP contribution is -2.30. The molecule has 5 rings (SSSR count). The zero-order valence-electron chi connectivity index (χ0n) is 29.1. The SMILES string of the molecule is COc1cccc(CN(CCSc2ccccc2)Cc2ccc(S(=O)(=O)NC(=O)c3ccc(Cc4ccc(OC)c(OC)c4OC)cc3)cc2)c1. The number of nitrogens with zero attached hydrogens (tertiary/aromatic N) is 1. The summed E-state index contributed by atoms with van der Waals surface area (Å²) in [4.78, 5) is 16.6. The van der Waals surface area contributed by atoms with Gasteiger partial charge in [-0.3, -0.25) is 9.69 Å². The summed E-state index contributed by atoms with van der Waals surface area (Å²) in [5.74, 6) is 2.58. The lowest BCUT2D eigenvalue weighted by Gasteiger charge is -2.23. The van der Waals surface area contributed by atoms with E-state index in [-0.39, 0.29) is 10.5 Å². The van der Waals surface area contributed by atoms with Gasteiger partial charge < -0.3 is 18.9 Å². The molecule has 0 aliphatic carbocycles. The average Bonchev–Trinajstić information content (AvgIpc) is 3.15. The number of thioether (sulfide) groups is 1. The minimum absolute atomic E-state index is 0.00995. The van der Waals surface area contributed by atoms with Gasteiger partial charge in [-0.25, -0.2) is 13.1 Å². The van der Waals surface area contributed by atoms with Gasteiger partial charge in [0.25, 0.3) is 15.9 Å². The van der Waals surface area contributed by atoms with Crippen LogP contribution in [0.25, 0.3) is 0 Å². The van der Waals surface area contributed by atoms with Gasteiger partial charge >= 0.3 is 0 Å². The van der Waals surface area contributed by atoms with E-state index < -0.39 is 15.9 Å². The van der Waals surface area contributed by atoms with E-state index in [2.05, 4.69) is 27.8 Å². The number of benzene rings is 5. The standard InChI is InChI=1S/C40H42N2O7S2/c1-46-34-10-8-9-31(26-34)28-42(23-24-50-35-11-6-5-7-12-35)27-30-15-20-36(21-16-30)51(44,45)41-40(43)32-17-13-29(14-18-32)25-33-19-22-37(47-2)39(49-4)38(33)48-3/h5-22,26H,23-25,27-28H2,1-4H3,(H,41,43). The monoisotopic (exact) mass is 726 g/mol. The Morgan fingerprint density at radius 2 is 1.37 bits per heavy atom. The number of hydrogen-bond acceptors (Lipinski definition) is 9. The van der Waals surface area contributed by atoms with E-state index in [9.17, 15) is 13.2 Å². The first-order valence-electron chi connectivity index (χ1n) is 16.3. The summed E-state index contributed by atoms with van der Waals surface area (Å²) in [6.45, 7) is 2.12. The van der Waals surface area contributed by atoms with E-state index in [1.165, 1.54) is 17.0 Å². The third kappa shape index (κ3) is 10.1. The number of ether oxygens (including phenoxy) is 4. The molecule has 5 aromatic rings. The normalized spacial score (nSPS) is 11.2. The van der Waals surface area contributed by atoms with Crippen LogP contribution in [0.4, 0.5) is 0 Å². The van der Waals surface area contributed by atoms with Gasteiger partial charge in [0, 0.05) is 47.8 Å². The van der Waals surface area contributed by atoms with Crippen LogP contribution in [0.1, 0.15) is 32.6 Å². The third-order valence-corrected chi connectivity index (χ3v) is 10.6. The van der Waals surface area contributed by atoms with Gasteiger partial charge in [-0.15, -0.1) is 11.8 Å². The van der Waals surface area contributed by atoms with Gasteiger partial charge in [-0.2, -0.15) is 0 Å². The molecular weight excluding hydrogens is 685 g/mol. The predicted octanol–water partition coefficient (Wildman–Crippen LogP) is 7.23. The van der Waals surface area contributed by atoms with Crippen LogP contribution in [0.3, 0.4) is 0 Å². The molecular formula is C40H42N2O7S2. The van der Waals surface area contributed by atoms with Gasteiger partial charge in [0.15, 0.2) is 11.5 Å². The molecule has 0 aliphatic heterocycles. The Morgan fingerprint density at radius 1 is 0.686 bits per heavy atom. The molecule has 0 atom stereocenters. The fourth-order valence-corrected chi connectivity index (χ4v) is 7.53. The molecule has 0 saturated carbocycles. The van der Waals surface area contributed by atoms with Crippen LogP contribution >= 0.6 is 11.8 Å². The number of hydrogen-bond donors (Lipinski definition) is 1. The summed E-state index contributed by atoms with van der Waals surface area (Å²) in [5, 5.41) is 0. The van der Waals surface area contributed by atoms with Gasteiger partial charge in [0.1, 0.15) is 5.75 Å². The molecule has 0 aliphatic rings. The van der Waals surface area contributed by atoms with Crippen LogP contribution in [0.15, 0.2) is 125 Å². The Labute approximate surface area is 304 Å². The highest BCUT2D eigenvalue weighted by Gasteiger charge is 2.20. The second-order valence-corrected chi connectivity index (χ2v) is 14.5. The van der Waals surface area contributed by atoms with Crippen molar-refractivity contribution in [3.8, 4) is 23.0 Å². The van der Waals surface area contributed by atoms with Crippen molar-refractivity contribution in [1.82, 2.24) is 9.62 Å². The van der Waals surface area contributed by atoms with E-state index in [0.29, 0.717) is 36.8 Å². The van der Waals surface area contributed by atoms with Crippen molar-refractivity contribution in [3.05, 3.63) is 143 Å². The lowest BCUT2D eigenvalue weighted by atomic mass is 10.0. The molecule has 266 valence electrons. The number of methoxy groups -OCH3 is 4. The maximum absolute atomic E-state index is 13.2. The molecule has 9 nitrogen and oxygen atoms in total. The molecule has 0 spiro atoms. The lowest BCUT2D eigenvalue weighted by molar-refractivity contribution is 0.0981. The molecule has 0 unspecified atom stereocenters. The fraction of sp³-hybridized carbons (Fsp3) is 0.225. The van der Waals surface area contributed by atoms with Crippen molar-refractivity contribution < 1.29 is 32.2 Å². The van der Waals surface area contributed by atoms with Crippen LogP contribution in [0, 0.1) is 0 Å². The van der Waals surface area contributed by atoms with E-state index in [4.69, 9.17) is 18.9 Å². The number of nitrogens with one attached hydrogen (secondary N) is 1. The molecule has 1 N–H and O–H groups in total. The predicted molar refractivity (Wildman–Crippen MR) is 201 cm³/mol. The van der Waals surface area contributed by atoms with Crippen LogP contribution in [-0.2, 0) is 29.5 Å². The second kappa shape index (κ2) is 17.8. The van der Waals surface area contributed by atoms with E-state index in [1.54, 1.807) is 82.7 Å². The first kappa shape index (κ1) is 37.3. The first-order valence-corrected chi connectivity index (χ1v) is 18.8. The zero-order chi connectivity index (χ0) is 36.2. The van der Waals surface area contributed by atoms with Crippen molar-refractivity contribution >= 4 is 27.7 Å². The molecule has 0 radical (unpaired) electrons. The summed E-state index contributed by atoms with van der Waals surface area (Å²) in [7, 11) is 2.22. The van der Waals surface area contributed by atoms with Gasteiger partial charge in [0.2, 0.25) is 5.75 Å². The highest BCUT2D eigenvalue weighted by atomic mass is 32.2. The smallest absolute Gasteiger partial charge is 0.264 e. The van der Waals surface area contributed by atoms with Gasteiger partial charge in [-0.1, -0.05) is 60.7 Å². The zero-order valence-corrected chi connectivity index (χ0v) is 30.8. The first-order chi connectivity index (χ1) is 24.7. The minimum atomic E-state index is -4.11. The van der Waals surface area contributed by atoms with Gasteiger partial charge in [-0.05, 0) is 71.3 Å². The molecule has 0 bridgehead atoms. The Morgan fingerprint density at radius 3 is 2.04 bits per heavy atom. The number of rotatable bonds is 17. The van der Waals surface area contributed by atoms with E-state index in [0.717, 1.165) is 40.3 Å².